The predicted octanol–water partition coefficient (Wildman–Crippen LogP) is 1.96. The summed E-state index contributed by atoms with van der Waals surface area (Å²) in [7, 11) is 0. The molecule has 0 saturated carbocycles. The number of benzene rings is 2. The molecule has 29 heavy (non-hydrogen) atoms. The van der Waals surface area contributed by atoms with Gasteiger partial charge in [0.05, 0.1) is 22.3 Å². The number of nitrogens with zero attached hydrogens (tertiary/aromatic N) is 2. The van der Waals surface area contributed by atoms with Crippen molar-refractivity contribution in [2.75, 3.05) is 6.61 Å². The van der Waals surface area contributed by atoms with Gasteiger partial charge in [-0.2, -0.15) is 0 Å². The number of nitro groups is 1. The van der Waals surface area contributed by atoms with E-state index in [9.17, 15) is 29.6 Å². The third-order valence-electron chi connectivity index (χ3n) is 3.87. The Labute approximate surface area is 168 Å². The second-order valence-electron chi connectivity index (χ2n) is 5.92. The van der Waals surface area contributed by atoms with Gasteiger partial charge in [-0.1, -0.05) is 24.3 Å². The monoisotopic (exact) mass is 413 g/mol. The van der Waals surface area contributed by atoms with Crippen LogP contribution in [0.3, 0.4) is 0 Å². The van der Waals surface area contributed by atoms with Crippen molar-refractivity contribution in [1.82, 2.24) is 4.90 Å². The number of carboxylic acids is 1. The molecule has 0 aromatic heterocycles. The normalized spacial score (nSPS) is 15.0. The molecule has 0 radical (unpaired) electrons. The van der Waals surface area contributed by atoms with E-state index in [1.165, 1.54) is 36.4 Å². The van der Waals surface area contributed by atoms with Crippen LogP contribution in [0.15, 0.2) is 53.4 Å². The van der Waals surface area contributed by atoms with Crippen molar-refractivity contribution in [2.24, 2.45) is 0 Å². The number of hydrogen-bond acceptors (Lipinski definition) is 8. The van der Waals surface area contributed by atoms with Crippen LogP contribution in [0.4, 0.5) is 10.5 Å². The van der Waals surface area contributed by atoms with Gasteiger partial charge < -0.3 is 14.6 Å². The first-order valence-electron chi connectivity index (χ1n) is 8.25. The van der Waals surface area contributed by atoms with E-state index in [1.54, 1.807) is 18.2 Å². The Hall–Kier alpha value is -3.66. The fourth-order valence-corrected chi connectivity index (χ4v) is 3.38. The minimum absolute atomic E-state index is 0.0698. The number of thioether (sulfide) groups is 1. The summed E-state index contributed by atoms with van der Waals surface area (Å²) in [4.78, 5) is 46.8. The summed E-state index contributed by atoms with van der Waals surface area (Å²) in [6.07, 6.45) is 1.53. The highest BCUT2D eigenvalue weighted by Crippen LogP contribution is 2.33. The predicted molar refractivity (Wildman–Crippen MR) is 102 cm³/mol. The third-order valence-corrected chi connectivity index (χ3v) is 4.78. The lowest BCUT2D eigenvalue weighted by molar-refractivity contribution is -0.384. The summed E-state index contributed by atoms with van der Waals surface area (Å²) >= 11 is 0.772. The molecule has 1 saturated heterocycles. The number of imide groups is 1. The maximum atomic E-state index is 12.6. The maximum absolute atomic E-state index is 12.6. The van der Waals surface area contributed by atoms with Crippen molar-refractivity contribution in [3.05, 3.63) is 74.7 Å². The second kappa shape index (κ2) is 8.57. The van der Waals surface area contributed by atoms with Crippen LogP contribution in [-0.2, 0) is 16.1 Å². The molecule has 9 nitrogen and oxygen atoms in total. The first-order chi connectivity index (χ1) is 13.8. The fourth-order valence-electron chi connectivity index (χ4n) is 2.54. The number of carboxylic acid groups (broad SMARTS) is 1. The molecule has 0 atom stereocenters. The number of ether oxygens (including phenoxy) is 1. The summed E-state index contributed by atoms with van der Waals surface area (Å²) in [6, 6.07) is 12.0. The lowest BCUT2D eigenvalue weighted by atomic mass is 10.2. The first-order valence-corrected chi connectivity index (χ1v) is 9.06. The van der Waals surface area contributed by atoms with Gasteiger partial charge in [0.25, 0.3) is 16.8 Å². The van der Waals surface area contributed by atoms with Gasteiger partial charge in [-0.3, -0.25) is 24.6 Å². The Morgan fingerprint density at radius 3 is 2.55 bits per heavy atom. The average Bonchev–Trinajstić information content (AvgIpc) is 2.95. The molecular formula is C19H13N2O7S-. The molecule has 0 N–H and O–H groups in total. The van der Waals surface area contributed by atoms with Crippen LogP contribution < -0.4 is 9.84 Å². The highest BCUT2D eigenvalue weighted by molar-refractivity contribution is 8.18. The van der Waals surface area contributed by atoms with Crippen molar-refractivity contribution < 1.29 is 29.2 Å². The van der Waals surface area contributed by atoms with E-state index in [-0.39, 0.29) is 17.1 Å². The maximum Gasteiger partial charge on any atom is 0.293 e. The number of non-ortho nitro benzene ring substituents is 1. The van der Waals surface area contributed by atoms with Crippen LogP contribution in [0.25, 0.3) is 6.08 Å². The van der Waals surface area contributed by atoms with E-state index in [4.69, 9.17) is 4.74 Å². The van der Waals surface area contributed by atoms with Gasteiger partial charge >= 0.3 is 0 Å². The van der Waals surface area contributed by atoms with Crippen LogP contribution >= 0.6 is 11.8 Å². The van der Waals surface area contributed by atoms with Crippen molar-refractivity contribution in [3.63, 3.8) is 0 Å². The van der Waals surface area contributed by atoms with E-state index in [2.05, 4.69) is 0 Å². The van der Waals surface area contributed by atoms with Crippen LogP contribution in [-0.4, -0.2) is 33.5 Å². The van der Waals surface area contributed by atoms with Gasteiger partial charge in [0, 0.05) is 12.1 Å². The lowest BCUT2D eigenvalue weighted by Gasteiger charge is -2.12. The highest BCUT2D eigenvalue weighted by Gasteiger charge is 2.35. The van der Waals surface area contributed by atoms with Crippen LogP contribution in [0, 0.1) is 10.1 Å². The number of hydrogen-bond donors (Lipinski definition) is 0. The number of carbonyl (C=O) groups is 3. The summed E-state index contributed by atoms with van der Waals surface area (Å²) in [5.74, 6) is -1.51. The second-order valence-corrected chi connectivity index (χ2v) is 6.92. The zero-order chi connectivity index (χ0) is 21.0. The molecule has 2 aromatic carbocycles. The van der Waals surface area contributed by atoms with E-state index in [0.29, 0.717) is 16.9 Å². The van der Waals surface area contributed by atoms with E-state index >= 15 is 0 Å². The molecule has 0 spiro atoms. The number of rotatable bonds is 7. The van der Waals surface area contributed by atoms with Crippen LogP contribution in [0.1, 0.15) is 11.1 Å². The molecule has 2 amide bonds. The molecule has 3 rings (SSSR count). The van der Waals surface area contributed by atoms with E-state index in [1.807, 2.05) is 0 Å². The Morgan fingerprint density at radius 2 is 1.90 bits per heavy atom. The number of carbonyl (C=O) groups excluding carboxylic acids is 3. The van der Waals surface area contributed by atoms with Gasteiger partial charge in [-0.05, 0) is 41.1 Å². The number of amides is 2. The van der Waals surface area contributed by atoms with Crippen molar-refractivity contribution in [3.8, 4) is 5.75 Å². The SMILES string of the molecule is O=C([O-])COc1ccc(/C=C2\SC(=O)N(Cc3cccc([N+](=O)[O-])c3)C2=O)cc1. The molecule has 148 valence electrons. The smallest absolute Gasteiger partial charge is 0.293 e. The fraction of sp³-hybridized carbons (Fsp3) is 0.105. The first kappa shape index (κ1) is 20.1. The van der Waals surface area contributed by atoms with Crippen LogP contribution in [0.2, 0.25) is 0 Å². The zero-order valence-electron chi connectivity index (χ0n) is 14.8. The molecule has 0 unspecified atom stereocenters. The lowest BCUT2D eigenvalue weighted by Crippen LogP contribution is -2.28. The molecule has 1 aliphatic heterocycles. The Balaban J connectivity index is 1.72. The van der Waals surface area contributed by atoms with Gasteiger partial charge in [-0.25, -0.2) is 0 Å². The Morgan fingerprint density at radius 1 is 1.17 bits per heavy atom. The largest absolute Gasteiger partial charge is 0.546 e. The van der Waals surface area contributed by atoms with E-state index < -0.39 is 28.6 Å². The topological polar surface area (TPSA) is 130 Å². The number of aliphatic carboxylic acids is 1. The minimum atomic E-state index is -1.34. The summed E-state index contributed by atoms with van der Waals surface area (Å²) in [6.45, 7) is -0.643. The Bertz CT molecular complexity index is 1020. The summed E-state index contributed by atoms with van der Waals surface area (Å²) < 4.78 is 4.98. The van der Waals surface area contributed by atoms with Gasteiger partial charge in [0.15, 0.2) is 0 Å². The molecule has 1 aliphatic rings. The summed E-state index contributed by atoms with van der Waals surface area (Å²) in [5.41, 5.74) is 0.967. The summed E-state index contributed by atoms with van der Waals surface area (Å²) in [5, 5.41) is 20.8. The molecule has 0 bridgehead atoms. The zero-order valence-corrected chi connectivity index (χ0v) is 15.6. The minimum Gasteiger partial charge on any atom is -0.546 e. The number of nitro benzene ring substituents is 1. The average molecular weight is 413 g/mol. The van der Waals surface area contributed by atoms with Gasteiger partial charge in [0.1, 0.15) is 12.4 Å². The van der Waals surface area contributed by atoms with Crippen LogP contribution in [0.5, 0.6) is 5.75 Å². The molecule has 0 aliphatic carbocycles. The van der Waals surface area contributed by atoms with E-state index in [0.717, 1.165) is 16.7 Å². The standard InChI is InChI=1S/C19H14N2O7S/c22-17(23)11-28-15-6-4-12(5-7-15)9-16-18(24)20(19(25)29-16)10-13-2-1-3-14(8-13)21(26)27/h1-9H,10-11H2,(H,22,23)/p-1/b16-9-. The highest BCUT2D eigenvalue weighted by atomic mass is 32.2. The van der Waals surface area contributed by atoms with Gasteiger partial charge in [0.2, 0.25) is 0 Å². The molecule has 2 aromatic rings. The molecule has 1 heterocycles. The third kappa shape index (κ3) is 4.99. The van der Waals surface area contributed by atoms with Crippen molar-refractivity contribution in [2.45, 2.75) is 6.54 Å². The van der Waals surface area contributed by atoms with Crippen molar-refractivity contribution >= 4 is 40.6 Å². The molecule has 1 fully saturated rings. The Kier molecular flexibility index (Phi) is 5.93. The van der Waals surface area contributed by atoms with Crippen molar-refractivity contribution in [1.29, 1.82) is 0 Å². The van der Waals surface area contributed by atoms with Gasteiger partial charge in [-0.15, -0.1) is 0 Å². The quantitative estimate of drug-likeness (QED) is 0.382. The molecular weight excluding hydrogens is 400 g/mol. The molecule has 10 heteroatoms.